The number of carbonyl (C=O) groups excluding carboxylic acids is 1. The fraction of sp³-hybridized carbons (Fsp3) is 0.429. The molecule has 2 heterocycles. The van der Waals surface area contributed by atoms with E-state index in [9.17, 15) is 4.79 Å². The van der Waals surface area contributed by atoms with Crippen molar-refractivity contribution in [2.24, 2.45) is 10.9 Å². The maximum atomic E-state index is 11.9. The molecule has 7 heteroatoms. The molecule has 0 radical (unpaired) electrons. The molecule has 3 aliphatic rings. The highest BCUT2D eigenvalue weighted by atomic mass is 16.6. The van der Waals surface area contributed by atoms with E-state index in [2.05, 4.69) is 25.8 Å². The van der Waals surface area contributed by atoms with Crippen LogP contribution in [0.1, 0.15) is 25.7 Å². The normalized spacial score (nSPS) is 24.2. The fourth-order valence-electron chi connectivity index (χ4n) is 2.72. The van der Waals surface area contributed by atoms with Gasteiger partial charge in [0.2, 0.25) is 0 Å². The van der Waals surface area contributed by atoms with E-state index in [1.54, 1.807) is 12.3 Å². The van der Waals surface area contributed by atoms with Gasteiger partial charge in [-0.2, -0.15) is 5.90 Å². The number of hydrogen-bond donors (Lipinski definition) is 4. The topological polar surface area (TPSA) is 101 Å². The van der Waals surface area contributed by atoms with Crippen molar-refractivity contribution in [3.05, 3.63) is 35.5 Å². The number of amides is 2. The van der Waals surface area contributed by atoms with Crippen LogP contribution >= 0.6 is 0 Å². The molecule has 112 valence electrons. The molecular formula is C14H19N5O2. The van der Waals surface area contributed by atoms with Gasteiger partial charge in [-0.3, -0.25) is 10.3 Å². The minimum atomic E-state index is -0.184. The van der Waals surface area contributed by atoms with E-state index in [-0.39, 0.29) is 18.1 Å². The van der Waals surface area contributed by atoms with Gasteiger partial charge in [-0.25, -0.2) is 4.79 Å². The van der Waals surface area contributed by atoms with E-state index in [1.165, 1.54) is 12.8 Å². The summed E-state index contributed by atoms with van der Waals surface area (Å²) in [6.45, 7) is 0. The molecule has 0 bridgehead atoms. The Bertz CT molecular complexity index is 544. The van der Waals surface area contributed by atoms with Gasteiger partial charge in [-0.05, 0) is 31.1 Å². The monoisotopic (exact) mass is 289 g/mol. The molecule has 1 saturated carbocycles. The summed E-state index contributed by atoms with van der Waals surface area (Å²) in [6.07, 6.45) is 11.5. The number of carbonyl (C=O) groups is 1. The zero-order chi connectivity index (χ0) is 14.7. The second kappa shape index (κ2) is 6.01. The van der Waals surface area contributed by atoms with E-state index in [0.29, 0.717) is 11.6 Å². The summed E-state index contributed by atoms with van der Waals surface area (Å²) < 4.78 is 0. The van der Waals surface area contributed by atoms with E-state index in [0.717, 1.165) is 18.5 Å². The smallest absolute Gasteiger partial charge is 0.320 e. The molecular weight excluding hydrogens is 270 g/mol. The van der Waals surface area contributed by atoms with E-state index < -0.39 is 0 Å². The first-order valence-corrected chi connectivity index (χ1v) is 7.13. The van der Waals surface area contributed by atoms with Crippen LogP contribution in [0.15, 0.2) is 40.5 Å². The second-order valence-electron chi connectivity index (χ2n) is 5.32. The number of allylic oxidation sites excluding steroid dienone is 3. The fourth-order valence-corrected chi connectivity index (χ4v) is 2.72. The molecule has 3 rings (SSSR count). The van der Waals surface area contributed by atoms with Crippen molar-refractivity contribution >= 4 is 12.2 Å². The Hall–Kier alpha value is -2.28. The molecule has 0 saturated heterocycles. The summed E-state index contributed by atoms with van der Waals surface area (Å²) >= 11 is 0. The molecule has 2 aliphatic heterocycles. The molecule has 1 unspecified atom stereocenters. The highest BCUT2D eigenvalue weighted by Gasteiger charge is 2.22. The SMILES string of the molecule is NOC1=CC2NC(NC(=O)NC3CCCC3)=CC=C2N=C1. The van der Waals surface area contributed by atoms with Crippen LogP contribution in [-0.2, 0) is 4.84 Å². The van der Waals surface area contributed by atoms with E-state index in [4.69, 9.17) is 5.90 Å². The highest BCUT2D eigenvalue weighted by molar-refractivity contribution is 5.79. The van der Waals surface area contributed by atoms with Crippen molar-refractivity contribution in [2.45, 2.75) is 37.8 Å². The Balaban J connectivity index is 1.58. The van der Waals surface area contributed by atoms with Gasteiger partial charge in [0, 0.05) is 6.04 Å². The number of nitrogens with two attached hydrogens (primary N) is 1. The summed E-state index contributed by atoms with van der Waals surface area (Å²) in [4.78, 5) is 20.8. The summed E-state index contributed by atoms with van der Waals surface area (Å²) in [5.41, 5.74) is 0.845. The molecule has 0 spiro atoms. The van der Waals surface area contributed by atoms with Crippen LogP contribution in [0.4, 0.5) is 4.79 Å². The number of nitrogens with one attached hydrogen (secondary N) is 3. The molecule has 1 atom stereocenters. The number of aliphatic imine (C=N–C) groups is 1. The minimum Gasteiger partial charge on any atom is -0.410 e. The standard InChI is InChI=1S/C14H19N5O2/c15-21-10-7-12-11(16-8-10)5-6-13(18-12)19-14(20)17-9-3-1-2-4-9/h5-9,12,18H,1-4,15H2,(H2,17,19,20). The first kappa shape index (κ1) is 13.7. The first-order chi connectivity index (χ1) is 10.2. The number of hydrogen-bond acceptors (Lipinski definition) is 5. The Labute approximate surface area is 123 Å². The average Bonchev–Trinajstić information content (AvgIpc) is 2.99. The summed E-state index contributed by atoms with van der Waals surface area (Å²) in [5, 5.41) is 8.96. The molecule has 1 fully saturated rings. The van der Waals surface area contributed by atoms with Crippen LogP contribution in [0.3, 0.4) is 0 Å². The number of fused-ring (bicyclic) bond motifs is 1. The van der Waals surface area contributed by atoms with E-state index in [1.807, 2.05) is 12.2 Å². The number of urea groups is 1. The number of dihydropyridines is 2. The zero-order valence-electron chi connectivity index (χ0n) is 11.6. The molecule has 1 aliphatic carbocycles. The van der Waals surface area contributed by atoms with Crippen LogP contribution in [0.5, 0.6) is 0 Å². The first-order valence-electron chi connectivity index (χ1n) is 7.13. The zero-order valence-corrected chi connectivity index (χ0v) is 11.6. The quantitative estimate of drug-likeness (QED) is 0.577. The van der Waals surface area contributed by atoms with Gasteiger partial charge >= 0.3 is 6.03 Å². The van der Waals surface area contributed by atoms with Gasteiger partial charge in [-0.1, -0.05) is 12.8 Å². The lowest BCUT2D eigenvalue weighted by Gasteiger charge is -2.25. The molecule has 21 heavy (non-hydrogen) atoms. The van der Waals surface area contributed by atoms with Crippen molar-refractivity contribution in [2.75, 3.05) is 0 Å². The maximum absolute atomic E-state index is 11.9. The lowest BCUT2D eigenvalue weighted by atomic mass is 10.1. The van der Waals surface area contributed by atoms with Crippen molar-refractivity contribution < 1.29 is 9.63 Å². The van der Waals surface area contributed by atoms with Crippen molar-refractivity contribution in [3.63, 3.8) is 0 Å². The Morgan fingerprint density at radius 2 is 2.19 bits per heavy atom. The summed E-state index contributed by atoms with van der Waals surface area (Å²) in [5.74, 6) is 6.25. The Kier molecular flexibility index (Phi) is 3.92. The van der Waals surface area contributed by atoms with Crippen molar-refractivity contribution in [1.82, 2.24) is 16.0 Å². The van der Waals surface area contributed by atoms with Crippen LogP contribution in [0, 0.1) is 0 Å². The number of nitrogens with zero attached hydrogens (tertiary/aromatic N) is 1. The van der Waals surface area contributed by atoms with Crippen LogP contribution < -0.4 is 21.8 Å². The van der Waals surface area contributed by atoms with Crippen LogP contribution in [0.2, 0.25) is 0 Å². The van der Waals surface area contributed by atoms with Gasteiger partial charge in [0.1, 0.15) is 5.82 Å². The van der Waals surface area contributed by atoms with Gasteiger partial charge < -0.3 is 15.5 Å². The molecule has 7 nitrogen and oxygen atoms in total. The van der Waals surface area contributed by atoms with Gasteiger partial charge in [0.05, 0.1) is 18.0 Å². The lowest BCUT2D eigenvalue weighted by molar-refractivity contribution is 0.238. The largest absolute Gasteiger partial charge is 0.410 e. The lowest BCUT2D eigenvalue weighted by Crippen LogP contribution is -2.46. The maximum Gasteiger partial charge on any atom is 0.320 e. The van der Waals surface area contributed by atoms with Gasteiger partial charge in [-0.15, -0.1) is 0 Å². The second-order valence-corrected chi connectivity index (χ2v) is 5.32. The molecule has 0 aromatic rings. The minimum absolute atomic E-state index is 0.152. The van der Waals surface area contributed by atoms with Crippen molar-refractivity contribution in [1.29, 1.82) is 0 Å². The Morgan fingerprint density at radius 3 is 2.95 bits per heavy atom. The predicted octanol–water partition coefficient (Wildman–Crippen LogP) is 0.784. The predicted molar refractivity (Wildman–Crippen MR) is 78.9 cm³/mol. The van der Waals surface area contributed by atoms with Crippen molar-refractivity contribution in [3.8, 4) is 0 Å². The average molecular weight is 289 g/mol. The van der Waals surface area contributed by atoms with E-state index >= 15 is 0 Å². The molecule has 0 aromatic heterocycles. The van der Waals surface area contributed by atoms with Crippen LogP contribution in [-0.4, -0.2) is 24.3 Å². The molecule has 2 amide bonds. The third-order valence-electron chi connectivity index (χ3n) is 3.80. The molecule has 5 N–H and O–H groups in total. The summed E-state index contributed by atoms with van der Waals surface area (Å²) in [6, 6.07) is -0.0480. The van der Waals surface area contributed by atoms with Gasteiger partial charge in [0.15, 0.2) is 5.76 Å². The van der Waals surface area contributed by atoms with Crippen LogP contribution in [0.25, 0.3) is 0 Å². The Morgan fingerprint density at radius 1 is 1.38 bits per heavy atom. The third kappa shape index (κ3) is 3.25. The highest BCUT2D eigenvalue weighted by Crippen LogP contribution is 2.19. The summed E-state index contributed by atoms with van der Waals surface area (Å²) in [7, 11) is 0. The number of rotatable bonds is 3. The van der Waals surface area contributed by atoms with Gasteiger partial charge in [0.25, 0.3) is 0 Å². The molecule has 0 aromatic carbocycles. The third-order valence-corrected chi connectivity index (χ3v) is 3.80.